The van der Waals surface area contributed by atoms with Gasteiger partial charge in [-0.05, 0) is 12.1 Å². The number of urea groups is 1. The van der Waals surface area contributed by atoms with Crippen molar-refractivity contribution in [3.63, 3.8) is 0 Å². The maximum Gasteiger partial charge on any atom is 0.331 e. The molecular formula is C9H8N2O4. The van der Waals surface area contributed by atoms with E-state index in [1.165, 1.54) is 6.26 Å². The highest BCUT2D eigenvalue weighted by molar-refractivity contribution is 6.44. The van der Waals surface area contributed by atoms with E-state index in [0.717, 1.165) is 4.90 Å². The number of carbonyl (C=O) groups excluding carboxylic acids is 3. The molecule has 2 rings (SSSR count). The van der Waals surface area contributed by atoms with Gasteiger partial charge in [0, 0.05) is 13.0 Å². The molecule has 78 valence electrons. The molecule has 0 atom stereocenters. The molecule has 1 aromatic heterocycles. The molecule has 0 unspecified atom stereocenters. The zero-order valence-corrected chi connectivity index (χ0v) is 7.73. The maximum absolute atomic E-state index is 11.1. The normalized spacial score (nSPS) is 16.0. The van der Waals surface area contributed by atoms with Crippen molar-refractivity contribution in [2.75, 3.05) is 6.54 Å². The number of nitrogens with zero attached hydrogens (tertiary/aromatic N) is 1. The molecule has 0 aromatic carbocycles. The lowest BCUT2D eigenvalue weighted by atomic mass is 10.3. The van der Waals surface area contributed by atoms with Crippen LogP contribution in [0.3, 0.4) is 0 Å². The number of hydrogen-bond donors (Lipinski definition) is 1. The predicted molar refractivity (Wildman–Crippen MR) is 47.7 cm³/mol. The molecule has 15 heavy (non-hydrogen) atoms. The molecule has 0 spiro atoms. The summed E-state index contributed by atoms with van der Waals surface area (Å²) in [6.45, 7) is 0.143. The summed E-state index contributed by atoms with van der Waals surface area (Å²) >= 11 is 0. The molecule has 0 radical (unpaired) electrons. The molecule has 1 aliphatic heterocycles. The summed E-state index contributed by atoms with van der Waals surface area (Å²) in [6.07, 6.45) is 1.91. The summed E-state index contributed by atoms with van der Waals surface area (Å²) in [7, 11) is 0. The predicted octanol–water partition coefficient (Wildman–Crippen LogP) is -0.0995. The van der Waals surface area contributed by atoms with Gasteiger partial charge in [0.15, 0.2) is 0 Å². The van der Waals surface area contributed by atoms with Crippen LogP contribution in [0.4, 0.5) is 4.79 Å². The second kappa shape index (κ2) is 3.56. The summed E-state index contributed by atoms with van der Waals surface area (Å²) < 4.78 is 5.04. The summed E-state index contributed by atoms with van der Waals surface area (Å²) in [5.74, 6) is -1.03. The molecule has 1 fully saturated rings. The van der Waals surface area contributed by atoms with Crippen LogP contribution >= 0.6 is 0 Å². The largest absolute Gasteiger partial charge is 0.469 e. The molecule has 0 saturated carbocycles. The van der Waals surface area contributed by atoms with E-state index in [9.17, 15) is 14.4 Å². The highest BCUT2D eigenvalue weighted by Gasteiger charge is 2.36. The van der Waals surface area contributed by atoms with Crippen molar-refractivity contribution in [3.8, 4) is 0 Å². The quantitative estimate of drug-likeness (QED) is 0.555. The van der Waals surface area contributed by atoms with Crippen LogP contribution in [0.1, 0.15) is 5.76 Å². The van der Waals surface area contributed by atoms with Crippen molar-refractivity contribution >= 4 is 17.8 Å². The van der Waals surface area contributed by atoms with Crippen LogP contribution in [-0.4, -0.2) is 29.3 Å². The molecule has 6 heteroatoms. The van der Waals surface area contributed by atoms with Crippen LogP contribution in [0.25, 0.3) is 0 Å². The Morgan fingerprint density at radius 2 is 2.13 bits per heavy atom. The fraction of sp³-hybridized carbons (Fsp3) is 0.222. The smallest absolute Gasteiger partial charge is 0.331 e. The van der Waals surface area contributed by atoms with Gasteiger partial charge in [-0.3, -0.25) is 19.8 Å². The molecule has 6 nitrogen and oxygen atoms in total. The van der Waals surface area contributed by atoms with E-state index in [1.54, 1.807) is 12.1 Å². The van der Waals surface area contributed by atoms with Gasteiger partial charge in [0.1, 0.15) is 5.76 Å². The minimum atomic E-state index is -0.876. The first-order chi connectivity index (χ1) is 7.18. The molecule has 1 saturated heterocycles. The van der Waals surface area contributed by atoms with Crippen LogP contribution in [-0.2, 0) is 16.0 Å². The molecule has 0 aliphatic carbocycles. The Hall–Kier alpha value is -2.11. The van der Waals surface area contributed by atoms with Crippen molar-refractivity contribution < 1.29 is 18.8 Å². The Kier molecular flexibility index (Phi) is 2.24. The van der Waals surface area contributed by atoms with E-state index in [0.29, 0.717) is 12.2 Å². The Bertz CT molecular complexity index is 410. The van der Waals surface area contributed by atoms with Gasteiger partial charge in [-0.1, -0.05) is 0 Å². The van der Waals surface area contributed by atoms with Gasteiger partial charge in [0.25, 0.3) is 0 Å². The minimum Gasteiger partial charge on any atom is -0.469 e. The number of amides is 4. The zero-order chi connectivity index (χ0) is 10.8. The van der Waals surface area contributed by atoms with Crippen molar-refractivity contribution in [3.05, 3.63) is 24.2 Å². The lowest BCUT2D eigenvalue weighted by molar-refractivity contribution is -0.140. The third-order valence-corrected chi connectivity index (χ3v) is 2.07. The second-order valence-electron chi connectivity index (χ2n) is 3.05. The van der Waals surface area contributed by atoms with Crippen LogP contribution < -0.4 is 5.32 Å². The average molecular weight is 208 g/mol. The monoisotopic (exact) mass is 208 g/mol. The Labute approximate surface area is 84.8 Å². The minimum absolute atomic E-state index is 0.143. The van der Waals surface area contributed by atoms with Gasteiger partial charge in [0.2, 0.25) is 0 Å². The third-order valence-electron chi connectivity index (χ3n) is 2.07. The van der Waals surface area contributed by atoms with Crippen LogP contribution in [0.5, 0.6) is 0 Å². The van der Waals surface area contributed by atoms with Crippen molar-refractivity contribution in [2.24, 2.45) is 0 Å². The summed E-state index contributed by atoms with van der Waals surface area (Å²) in [6, 6.07) is 2.78. The van der Waals surface area contributed by atoms with E-state index in [4.69, 9.17) is 4.42 Å². The first kappa shape index (κ1) is 9.45. The number of imide groups is 2. The van der Waals surface area contributed by atoms with Crippen molar-refractivity contribution in [1.29, 1.82) is 0 Å². The number of nitrogens with one attached hydrogen (secondary N) is 1. The molecular weight excluding hydrogens is 200 g/mol. The Morgan fingerprint density at radius 1 is 1.33 bits per heavy atom. The number of rotatable bonds is 3. The molecule has 1 N–H and O–H groups in total. The van der Waals surface area contributed by atoms with Gasteiger partial charge < -0.3 is 4.42 Å². The summed E-state index contributed by atoms with van der Waals surface area (Å²) in [5.41, 5.74) is 0. The standard InChI is InChI=1S/C9H8N2O4/c12-7-8(13)11(9(14)10-7)4-3-6-2-1-5-15-6/h1-2,5H,3-4H2,(H,10,12,14). The van der Waals surface area contributed by atoms with E-state index < -0.39 is 17.8 Å². The van der Waals surface area contributed by atoms with E-state index >= 15 is 0 Å². The Balaban J connectivity index is 1.98. The van der Waals surface area contributed by atoms with Gasteiger partial charge in [-0.15, -0.1) is 0 Å². The van der Waals surface area contributed by atoms with Crippen LogP contribution in [0.2, 0.25) is 0 Å². The first-order valence-electron chi connectivity index (χ1n) is 4.37. The summed E-state index contributed by atoms with van der Waals surface area (Å²) in [4.78, 5) is 33.9. The summed E-state index contributed by atoms with van der Waals surface area (Å²) in [5, 5.41) is 1.91. The SMILES string of the molecule is O=C1NC(=O)N(CCc2ccco2)C1=O. The zero-order valence-electron chi connectivity index (χ0n) is 7.73. The maximum atomic E-state index is 11.1. The fourth-order valence-corrected chi connectivity index (χ4v) is 1.31. The molecule has 0 bridgehead atoms. The van der Waals surface area contributed by atoms with Crippen LogP contribution in [0.15, 0.2) is 22.8 Å². The lowest BCUT2D eigenvalue weighted by Crippen LogP contribution is -2.32. The molecule has 1 aliphatic rings. The van der Waals surface area contributed by atoms with Gasteiger partial charge in [-0.25, -0.2) is 4.79 Å². The molecule has 2 heterocycles. The fourth-order valence-electron chi connectivity index (χ4n) is 1.31. The van der Waals surface area contributed by atoms with Gasteiger partial charge in [-0.2, -0.15) is 0 Å². The highest BCUT2D eigenvalue weighted by atomic mass is 16.3. The number of carbonyl (C=O) groups is 3. The van der Waals surface area contributed by atoms with E-state index in [-0.39, 0.29) is 6.54 Å². The van der Waals surface area contributed by atoms with Crippen LogP contribution in [0, 0.1) is 0 Å². The number of hydrogen-bond acceptors (Lipinski definition) is 4. The average Bonchev–Trinajstić information content (AvgIpc) is 2.76. The van der Waals surface area contributed by atoms with Crippen molar-refractivity contribution in [2.45, 2.75) is 6.42 Å². The Morgan fingerprint density at radius 3 is 2.67 bits per heavy atom. The second-order valence-corrected chi connectivity index (χ2v) is 3.05. The van der Waals surface area contributed by atoms with Crippen molar-refractivity contribution in [1.82, 2.24) is 10.2 Å². The lowest BCUT2D eigenvalue weighted by Gasteiger charge is -2.08. The van der Waals surface area contributed by atoms with Gasteiger partial charge in [0.05, 0.1) is 6.26 Å². The number of furan rings is 1. The van der Waals surface area contributed by atoms with E-state index in [2.05, 4.69) is 0 Å². The third kappa shape index (κ3) is 1.74. The highest BCUT2D eigenvalue weighted by Crippen LogP contribution is 2.05. The van der Waals surface area contributed by atoms with E-state index in [1.807, 2.05) is 5.32 Å². The molecule has 1 aromatic rings. The topological polar surface area (TPSA) is 79.6 Å². The first-order valence-corrected chi connectivity index (χ1v) is 4.37. The van der Waals surface area contributed by atoms with Gasteiger partial charge >= 0.3 is 17.8 Å². The molecule has 4 amide bonds.